The van der Waals surface area contributed by atoms with E-state index in [-0.39, 0.29) is 18.4 Å². The lowest BCUT2D eigenvalue weighted by Crippen LogP contribution is -2.25. The predicted octanol–water partition coefficient (Wildman–Crippen LogP) is 0.969. The monoisotopic (exact) mass is 181 g/mol. The van der Waals surface area contributed by atoms with Crippen molar-refractivity contribution in [1.29, 1.82) is 0 Å². The van der Waals surface area contributed by atoms with Crippen LogP contribution < -0.4 is 5.32 Å². The van der Waals surface area contributed by atoms with E-state index >= 15 is 0 Å². The summed E-state index contributed by atoms with van der Waals surface area (Å²) < 4.78 is 4.45. The molecular formula is C7H16ClNO2. The molecule has 3 nitrogen and oxygen atoms in total. The van der Waals surface area contributed by atoms with E-state index in [4.69, 9.17) is 0 Å². The van der Waals surface area contributed by atoms with E-state index in [0.29, 0.717) is 19.0 Å². The normalized spacial score (nSPS) is 9.09. The molecule has 0 aromatic heterocycles. The highest BCUT2D eigenvalue weighted by atomic mass is 35.5. The van der Waals surface area contributed by atoms with E-state index < -0.39 is 0 Å². The van der Waals surface area contributed by atoms with Crippen molar-refractivity contribution in [3.63, 3.8) is 0 Å². The van der Waals surface area contributed by atoms with E-state index in [1.807, 2.05) is 13.8 Å². The molecule has 0 saturated heterocycles. The molecule has 0 rings (SSSR count). The number of carbonyl (C=O) groups excluding carboxylic acids is 1. The molecule has 0 amide bonds. The molecular weight excluding hydrogens is 166 g/mol. The van der Waals surface area contributed by atoms with Crippen LogP contribution in [0.3, 0.4) is 0 Å². The first-order valence-electron chi connectivity index (χ1n) is 3.47. The molecule has 0 aromatic carbocycles. The predicted molar refractivity (Wildman–Crippen MR) is 47.0 cm³/mol. The fourth-order valence-electron chi connectivity index (χ4n) is 0.565. The molecule has 1 N–H and O–H groups in total. The fourth-order valence-corrected chi connectivity index (χ4v) is 0.565. The largest absolute Gasteiger partial charge is 0.469 e. The number of carbonyl (C=O) groups is 1. The van der Waals surface area contributed by atoms with E-state index in [1.54, 1.807) is 0 Å². The Labute approximate surface area is 73.9 Å². The van der Waals surface area contributed by atoms with Crippen molar-refractivity contribution in [1.82, 2.24) is 5.32 Å². The first-order valence-corrected chi connectivity index (χ1v) is 3.47. The third-order valence-corrected chi connectivity index (χ3v) is 1.11. The number of hydrogen-bond acceptors (Lipinski definition) is 3. The second-order valence-electron chi connectivity index (χ2n) is 2.43. The maximum atomic E-state index is 10.5. The molecule has 0 atom stereocenters. The van der Waals surface area contributed by atoms with E-state index in [0.717, 1.165) is 0 Å². The third kappa shape index (κ3) is 9.72. The van der Waals surface area contributed by atoms with Crippen LogP contribution >= 0.6 is 12.4 Å². The minimum Gasteiger partial charge on any atom is -0.469 e. The SMILES string of the molecule is COC(=O)CCNC(C)C.Cl. The van der Waals surface area contributed by atoms with Crippen LogP contribution in [-0.2, 0) is 9.53 Å². The van der Waals surface area contributed by atoms with Crippen molar-refractivity contribution in [2.24, 2.45) is 0 Å². The summed E-state index contributed by atoms with van der Waals surface area (Å²) in [5, 5.41) is 3.11. The quantitative estimate of drug-likeness (QED) is 0.657. The Morgan fingerprint density at radius 1 is 1.55 bits per heavy atom. The average molecular weight is 182 g/mol. The summed E-state index contributed by atoms with van der Waals surface area (Å²) in [4.78, 5) is 10.5. The van der Waals surface area contributed by atoms with Gasteiger partial charge in [-0.25, -0.2) is 0 Å². The number of rotatable bonds is 4. The molecule has 11 heavy (non-hydrogen) atoms. The standard InChI is InChI=1S/C7H15NO2.ClH/c1-6(2)8-5-4-7(9)10-3;/h6,8H,4-5H2,1-3H3;1H. The highest BCUT2D eigenvalue weighted by Gasteiger charge is 1.98. The molecule has 0 aromatic rings. The first-order chi connectivity index (χ1) is 4.66. The molecule has 0 fully saturated rings. The van der Waals surface area contributed by atoms with Gasteiger partial charge in [0.15, 0.2) is 0 Å². The summed E-state index contributed by atoms with van der Waals surface area (Å²) in [5.74, 6) is -0.159. The number of hydrogen-bond donors (Lipinski definition) is 1. The van der Waals surface area contributed by atoms with Gasteiger partial charge in [-0.15, -0.1) is 12.4 Å². The number of halogens is 1. The molecule has 0 spiro atoms. The van der Waals surface area contributed by atoms with Gasteiger partial charge in [0.25, 0.3) is 0 Å². The molecule has 0 aliphatic heterocycles. The van der Waals surface area contributed by atoms with Gasteiger partial charge in [0.2, 0.25) is 0 Å². The second-order valence-corrected chi connectivity index (χ2v) is 2.43. The summed E-state index contributed by atoms with van der Waals surface area (Å²) in [6, 6.07) is 0.435. The zero-order valence-corrected chi connectivity index (χ0v) is 8.03. The van der Waals surface area contributed by atoms with Crippen LogP contribution in [0, 0.1) is 0 Å². The molecule has 0 heterocycles. The minimum atomic E-state index is -0.159. The summed E-state index contributed by atoms with van der Waals surface area (Å²) >= 11 is 0. The summed E-state index contributed by atoms with van der Waals surface area (Å²) in [6.45, 7) is 4.78. The van der Waals surface area contributed by atoms with Gasteiger partial charge in [0, 0.05) is 12.6 Å². The number of esters is 1. The summed E-state index contributed by atoms with van der Waals surface area (Å²) in [5.41, 5.74) is 0. The first kappa shape index (κ1) is 13.3. The Balaban J connectivity index is 0. The fraction of sp³-hybridized carbons (Fsp3) is 0.857. The van der Waals surface area contributed by atoms with E-state index in [2.05, 4.69) is 10.1 Å². The molecule has 0 saturated carbocycles. The lowest BCUT2D eigenvalue weighted by Gasteiger charge is -2.05. The van der Waals surface area contributed by atoms with Crippen LogP contribution in [0.4, 0.5) is 0 Å². The van der Waals surface area contributed by atoms with E-state index in [9.17, 15) is 4.79 Å². The van der Waals surface area contributed by atoms with Gasteiger partial charge in [-0.2, -0.15) is 0 Å². The lowest BCUT2D eigenvalue weighted by atomic mass is 10.3. The Bertz CT molecular complexity index is 107. The Kier molecular flexibility index (Phi) is 9.47. The molecule has 0 radical (unpaired) electrons. The van der Waals surface area contributed by atoms with Gasteiger partial charge >= 0.3 is 5.97 Å². The van der Waals surface area contributed by atoms with Crippen molar-refractivity contribution >= 4 is 18.4 Å². The number of methoxy groups -OCH3 is 1. The van der Waals surface area contributed by atoms with Gasteiger partial charge in [-0.3, -0.25) is 4.79 Å². The zero-order valence-electron chi connectivity index (χ0n) is 7.22. The van der Waals surface area contributed by atoms with Gasteiger partial charge in [-0.05, 0) is 0 Å². The molecule has 68 valence electrons. The smallest absolute Gasteiger partial charge is 0.306 e. The summed E-state index contributed by atoms with van der Waals surface area (Å²) in [6.07, 6.45) is 0.453. The van der Waals surface area contributed by atoms with E-state index in [1.165, 1.54) is 7.11 Å². The van der Waals surface area contributed by atoms with Crippen LogP contribution in [0.1, 0.15) is 20.3 Å². The maximum absolute atomic E-state index is 10.5. The zero-order chi connectivity index (χ0) is 7.98. The Hall–Kier alpha value is -0.280. The van der Waals surface area contributed by atoms with Gasteiger partial charge in [0.1, 0.15) is 0 Å². The second kappa shape index (κ2) is 7.82. The van der Waals surface area contributed by atoms with Crippen LogP contribution in [0.15, 0.2) is 0 Å². The van der Waals surface area contributed by atoms with Crippen molar-refractivity contribution in [2.45, 2.75) is 26.3 Å². The van der Waals surface area contributed by atoms with Gasteiger partial charge in [0.05, 0.1) is 13.5 Å². The average Bonchev–Trinajstić information content (AvgIpc) is 1.87. The minimum absolute atomic E-state index is 0. The van der Waals surface area contributed by atoms with Gasteiger partial charge < -0.3 is 10.1 Å². The third-order valence-electron chi connectivity index (χ3n) is 1.11. The lowest BCUT2D eigenvalue weighted by molar-refractivity contribution is -0.140. The van der Waals surface area contributed by atoms with Crippen molar-refractivity contribution in [3.05, 3.63) is 0 Å². The van der Waals surface area contributed by atoms with Crippen molar-refractivity contribution in [2.75, 3.05) is 13.7 Å². The molecule has 0 aliphatic rings. The highest BCUT2D eigenvalue weighted by Crippen LogP contribution is 1.83. The summed E-state index contributed by atoms with van der Waals surface area (Å²) in [7, 11) is 1.40. The maximum Gasteiger partial charge on any atom is 0.306 e. The van der Waals surface area contributed by atoms with Crippen molar-refractivity contribution in [3.8, 4) is 0 Å². The molecule has 0 aliphatic carbocycles. The molecule has 4 heteroatoms. The van der Waals surface area contributed by atoms with Gasteiger partial charge in [-0.1, -0.05) is 13.8 Å². The van der Waals surface area contributed by atoms with Crippen LogP contribution in [0.25, 0.3) is 0 Å². The highest BCUT2D eigenvalue weighted by molar-refractivity contribution is 5.85. The number of ether oxygens (including phenoxy) is 1. The molecule has 0 bridgehead atoms. The van der Waals surface area contributed by atoms with Crippen LogP contribution in [-0.4, -0.2) is 25.7 Å². The topological polar surface area (TPSA) is 38.3 Å². The van der Waals surface area contributed by atoms with Crippen molar-refractivity contribution < 1.29 is 9.53 Å². The number of nitrogens with one attached hydrogen (secondary N) is 1. The van der Waals surface area contributed by atoms with Crippen LogP contribution in [0.5, 0.6) is 0 Å². The van der Waals surface area contributed by atoms with Crippen LogP contribution in [0.2, 0.25) is 0 Å². The Morgan fingerprint density at radius 2 is 2.09 bits per heavy atom. The molecule has 0 unspecified atom stereocenters. The Morgan fingerprint density at radius 3 is 2.45 bits per heavy atom.